The minimum Gasteiger partial charge on any atom is -0.390 e. The lowest BCUT2D eigenvalue weighted by atomic mass is 9.72. The van der Waals surface area contributed by atoms with E-state index in [1.165, 1.54) is 5.56 Å². The molecule has 1 fully saturated rings. The number of aliphatic hydroxyl groups is 1. The fourth-order valence-electron chi connectivity index (χ4n) is 4.57. The molecule has 1 aliphatic carbocycles. The van der Waals surface area contributed by atoms with Crippen LogP contribution < -0.4 is 10.6 Å². The van der Waals surface area contributed by atoms with Crippen LogP contribution in [0.2, 0.25) is 0 Å². The molecule has 27 heavy (non-hydrogen) atoms. The summed E-state index contributed by atoms with van der Waals surface area (Å²) < 4.78 is 0. The topological polar surface area (TPSA) is 82.7 Å². The van der Waals surface area contributed by atoms with Crippen LogP contribution >= 0.6 is 0 Å². The Bertz CT molecular complexity index is 842. The van der Waals surface area contributed by atoms with Crippen LogP contribution in [0.4, 0.5) is 5.82 Å². The summed E-state index contributed by atoms with van der Waals surface area (Å²) in [5.41, 5.74) is 8.89. The first-order valence-electron chi connectivity index (χ1n) is 9.40. The predicted octanol–water partition coefficient (Wildman–Crippen LogP) is 1.70. The number of fused-ring (bicyclic) bond motifs is 2. The first kappa shape index (κ1) is 17.9. The second-order valence-electron chi connectivity index (χ2n) is 7.81. The van der Waals surface area contributed by atoms with Gasteiger partial charge in [-0.1, -0.05) is 24.3 Å². The van der Waals surface area contributed by atoms with E-state index in [4.69, 9.17) is 5.73 Å². The number of nitrogens with zero attached hydrogens (tertiary/aromatic N) is 3. The Balaban J connectivity index is 1.52. The largest absolute Gasteiger partial charge is 0.390 e. The van der Waals surface area contributed by atoms with Crippen molar-refractivity contribution >= 4 is 11.7 Å². The Hall–Kier alpha value is -2.44. The number of pyridine rings is 1. The van der Waals surface area contributed by atoms with Gasteiger partial charge in [0.15, 0.2) is 0 Å². The second-order valence-corrected chi connectivity index (χ2v) is 7.81. The highest BCUT2D eigenvalue weighted by atomic mass is 16.3. The van der Waals surface area contributed by atoms with Gasteiger partial charge in [-0.15, -0.1) is 0 Å². The number of rotatable bonds is 2. The smallest absolute Gasteiger partial charge is 0.254 e. The van der Waals surface area contributed by atoms with E-state index in [1.807, 2.05) is 30.3 Å². The number of anilines is 1. The van der Waals surface area contributed by atoms with Gasteiger partial charge in [-0.2, -0.15) is 0 Å². The van der Waals surface area contributed by atoms with Crippen molar-refractivity contribution in [3.8, 4) is 0 Å². The Kier molecular flexibility index (Phi) is 4.40. The summed E-state index contributed by atoms with van der Waals surface area (Å²) in [7, 11) is 3.46. The van der Waals surface area contributed by atoms with E-state index in [0.717, 1.165) is 37.3 Å². The average molecular weight is 366 g/mol. The van der Waals surface area contributed by atoms with Gasteiger partial charge in [-0.3, -0.25) is 4.79 Å². The molecule has 2 heterocycles. The van der Waals surface area contributed by atoms with Crippen molar-refractivity contribution in [2.45, 2.75) is 30.4 Å². The molecule has 142 valence electrons. The van der Waals surface area contributed by atoms with Crippen molar-refractivity contribution in [1.29, 1.82) is 0 Å². The van der Waals surface area contributed by atoms with Gasteiger partial charge < -0.3 is 20.6 Å². The maximum absolute atomic E-state index is 12.0. The Morgan fingerprint density at radius 2 is 1.93 bits per heavy atom. The molecule has 0 radical (unpaired) electrons. The first-order chi connectivity index (χ1) is 12.9. The van der Waals surface area contributed by atoms with Crippen LogP contribution in [0.15, 0.2) is 42.6 Å². The van der Waals surface area contributed by atoms with Crippen molar-refractivity contribution in [1.82, 2.24) is 9.88 Å². The third kappa shape index (κ3) is 2.80. The third-order valence-corrected chi connectivity index (χ3v) is 6.14. The minimum absolute atomic E-state index is 0.0497. The molecule has 6 nitrogen and oxygen atoms in total. The summed E-state index contributed by atoms with van der Waals surface area (Å²) in [6, 6.07) is 11.6. The molecule has 1 amide bonds. The summed E-state index contributed by atoms with van der Waals surface area (Å²) in [5.74, 6) is 0.816. The molecule has 1 spiro atoms. The average Bonchev–Trinajstić information content (AvgIpc) is 2.91. The molecule has 4 rings (SSSR count). The summed E-state index contributed by atoms with van der Waals surface area (Å²) in [4.78, 5) is 20.3. The maximum atomic E-state index is 12.0. The van der Waals surface area contributed by atoms with Crippen LogP contribution in [-0.4, -0.2) is 54.2 Å². The molecule has 1 saturated heterocycles. The van der Waals surface area contributed by atoms with Gasteiger partial charge in [0.1, 0.15) is 5.82 Å². The van der Waals surface area contributed by atoms with Gasteiger partial charge in [-0.25, -0.2) is 4.98 Å². The zero-order valence-electron chi connectivity index (χ0n) is 15.8. The molecular formula is C21H26N4O2. The number of aliphatic hydroxyl groups excluding tert-OH is 1. The van der Waals surface area contributed by atoms with Gasteiger partial charge in [0.05, 0.1) is 17.7 Å². The molecule has 0 bridgehead atoms. The van der Waals surface area contributed by atoms with Crippen molar-refractivity contribution in [3.63, 3.8) is 0 Å². The lowest BCUT2D eigenvalue weighted by Gasteiger charge is -2.43. The fourth-order valence-corrected chi connectivity index (χ4v) is 4.57. The number of aromatic nitrogens is 1. The first-order valence-corrected chi connectivity index (χ1v) is 9.40. The molecule has 2 atom stereocenters. The Labute approximate surface area is 159 Å². The molecule has 3 N–H and O–H groups in total. The molecule has 1 aliphatic heterocycles. The lowest BCUT2D eigenvalue weighted by molar-refractivity contribution is 0.0582. The highest BCUT2D eigenvalue weighted by Crippen LogP contribution is 2.50. The molecule has 1 aromatic heterocycles. The number of carbonyl (C=O) groups excluding carboxylic acids is 1. The van der Waals surface area contributed by atoms with Crippen LogP contribution in [0.3, 0.4) is 0 Å². The molecule has 2 aliphatic rings. The van der Waals surface area contributed by atoms with Gasteiger partial charge in [-0.05, 0) is 36.1 Å². The van der Waals surface area contributed by atoms with E-state index in [2.05, 4.69) is 16.0 Å². The molecular weight excluding hydrogens is 340 g/mol. The summed E-state index contributed by atoms with van der Waals surface area (Å²) in [6.07, 6.45) is 2.75. The van der Waals surface area contributed by atoms with E-state index in [-0.39, 0.29) is 17.4 Å². The van der Waals surface area contributed by atoms with Crippen molar-refractivity contribution in [2.24, 2.45) is 5.73 Å². The van der Waals surface area contributed by atoms with Crippen molar-refractivity contribution < 1.29 is 9.90 Å². The van der Waals surface area contributed by atoms with Crippen LogP contribution in [0, 0.1) is 0 Å². The Morgan fingerprint density at radius 3 is 2.56 bits per heavy atom. The third-order valence-electron chi connectivity index (χ3n) is 6.14. The number of hydrogen-bond donors (Lipinski definition) is 2. The number of hydrogen-bond acceptors (Lipinski definition) is 5. The number of nitrogens with two attached hydrogens (primary N) is 1. The van der Waals surface area contributed by atoms with E-state index in [1.54, 1.807) is 25.2 Å². The van der Waals surface area contributed by atoms with Gasteiger partial charge in [0.25, 0.3) is 5.91 Å². The van der Waals surface area contributed by atoms with Gasteiger partial charge in [0.2, 0.25) is 0 Å². The predicted molar refractivity (Wildman–Crippen MR) is 105 cm³/mol. The lowest BCUT2D eigenvalue weighted by Crippen LogP contribution is -2.49. The number of benzene rings is 1. The van der Waals surface area contributed by atoms with Gasteiger partial charge >= 0.3 is 0 Å². The highest BCUT2D eigenvalue weighted by Gasteiger charge is 2.51. The van der Waals surface area contributed by atoms with Crippen molar-refractivity contribution in [2.75, 3.05) is 32.1 Å². The van der Waals surface area contributed by atoms with Gasteiger partial charge in [0, 0.05) is 38.8 Å². The standard InChI is InChI=1S/C21H26N4O2/c1-24(2)20(27)14-7-8-17(23-13-14)25-11-9-21(10-12-25)16-6-4-3-5-15(16)18(22)19(21)26/h3-8,13,18-19,26H,9-12,22H2,1-2H3/t18-,19+/m1/s1. The number of carbonyl (C=O) groups is 1. The zero-order valence-corrected chi connectivity index (χ0v) is 15.8. The Morgan fingerprint density at radius 1 is 1.22 bits per heavy atom. The zero-order chi connectivity index (χ0) is 19.2. The number of piperidine rings is 1. The van der Waals surface area contributed by atoms with Crippen LogP contribution in [0.1, 0.15) is 40.4 Å². The molecule has 0 unspecified atom stereocenters. The van der Waals surface area contributed by atoms with E-state index < -0.39 is 6.10 Å². The monoisotopic (exact) mass is 366 g/mol. The van der Waals surface area contributed by atoms with Crippen LogP contribution in [0.25, 0.3) is 0 Å². The molecule has 0 saturated carbocycles. The van der Waals surface area contributed by atoms with E-state index in [9.17, 15) is 9.90 Å². The van der Waals surface area contributed by atoms with Crippen LogP contribution in [-0.2, 0) is 5.41 Å². The molecule has 6 heteroatoms. The van der Waals surface area contributed by atoms with E-state index >= 15 is 0 Å². The van der Waals surface area contributed by atoms with Crippen molar-refractivity contribution in [3.05, 3.63) is 59.3 Å². The second kappa shape index (κ2) is 6.62. The fraction of sp³-hybridized carbons (Fsp3) is 0.429. The summed E-state index contributed by atoms with van der Waals surface area (Å²) >= 11 is 0. The summed E-state index contributed by atoms with van der Waals surface area (Å²) in [5, 5.41) is 10.9. The highest BCUT2D eigenvalue weighted by molar-refractivity contribution is 5.93. The number of amides is 1. The minimum atomic E-state index is -0.551. The molecule has 1 aromatic carbocycles. The van der Waals surface area contributed by atoms with Crippen LogP contribution in [0.5, 0.6) is 0 Å². The quantitative estimate of drug-likeness (QED) is 0.845. The van der Waals surface area contributed by atoms with E-state index in [0.29, 0.717) is 5.56 Å². The normalized spacial score (nSPS) is 23.3. The molecule has 2 aromatic rings. The SMILES string of the molecule is CN(C)C(=O)c1ccc(N2CCC3(CC2)c2ccccc2[C@@H](N)[C@@H]3O)nc1. The summed E-state index contributed by atoms with van der Waals surface area (Å²) in [6.45, 7) is 1.60. The maximum Gasteiger partial charge on any atom is 0.254 e.